The molecule has 0 heterocycles. The summed E-state index contributed by atoms with van der Waals surface area (Å²) in [5.74, 6) is -3.70. The van der Waals surface area contributed by atoms with Crippen LogP contribution >= 0.6 is 0 Å². The lowest BCUT2D eigenvalue weighted by Gasteiger charge is -2.23. The highest BCUT2D eigenvalue weighted by atomic mass is 19.1. The second-order valence-electron chi connectivity index (χ2n) is 7.71. The highest BCUT2D eigenvalue weighted by molar-refractivity contribution is 5.98. The molecule has 1 atom stereocenters. The van der Waals surface area contributed by atoms with Crippen LogP contribution in [0.4, 0.5) is 8.78 Å². The standard InChI is InChI=1S/C21H29F2N3O3/c1-13(2)18(26-20(28)17-15(22)9-6-10-16(17)23)21(29)25-12-11-24-19(27)14-7-4-3-5-8-14/h6,9-10,13-14,18H,3-5,7-8,11-12H2,1-2H3,(H,24,27)(H,25,29)(H,26,28). The number of rotatable bonds is 8. The maximum absolute atomic E-state index is 13.8. The fraction of sp³-hybridized carbons (Fsp3) is 0.571. The third kappa shape index (κ3) is 6.51. The fourth-order valence-corrected chi connectivity index (χ4v) is 3.45. The molecule has 1 saturated carbocycles. The van der Waals surface area contributed by atoms with E-state index in [1.807, 2.05) is 0 Å². The Morgan fingerprint density at radius 3 is 2.17 bits per heavy atom. The van der Waals surface area contributed by atoms with Crippen LogP contribution in [0.5, 0.6) is 0 Å². The van der Waals surface area contributed by atoms with Gasteiger partial charge in [-0.2, -0.15) is 0 Å². The van der Waals surface area contributed by atoms with Crippen LogP contribution in [-0.4, -0.2) is 36.9 Å². The third-order valence-corrected chi connectivity index (χ3v) is 5.12. The van der Waals surface area contributed by atoms with Gasteiger partial charge in [0.15, 0.2) is 0 Å². The fourth-order valence-electron chi connectivity index (χ4n) is 3.45. The molecular weight excluding hydrogens is 380 g/mol. The summed E-state index contributed by atoms with van der Waals surface area (Å²) in [6, 6.07) is 2.17. The average Bonchev–Trinajstić information content (AvgIpc) is 2.69. The molecular formula is C21H29F2N3O3. The summed E-state index contributed by atoms with van der Waals surface area (Å²) in [6.07, 6.45) is 5.08. The number of carbonyl (C=O) groups is 3. The number of hydrogen-bond acceptors (Lipinski definition) is 3. The van der Waals surface area contributed by atoms with E-state index >= 15 is 0 Å². The van der Waals surface area contributed by atoms with Crippen LogP contribution in [0.25, 0.3) is 0 Å². The maximum Gasteiger partial charge on any atom is 0.257 e. The number of carbonyl (C=O) groups excluding carboxylic acids is 3. The Labute approximate surface area is 169 Å². The Kier molecular flexibility index (Phi) is 8.54. The van der Waals surface area contributed by atoms with Crippen molar-refractivity contribution in [2.24, 2.45) is 11.8 Å². The second kappa shape index (κ2) is 10.9. The number of hydrogen-bond donors (Lipinski definition) is 3. The Morgan fingerprint density at radius 1 is 1.00 bits per heavy atom. The molecule has 0 spiro atoms. The van der Waals surface area contributed by atoms with E-state index in [2.05, 4.69) is 16.0 Å². The van der Waals surface area contributed by atoms with Crippen LogP contribution in [0, 0.1) is 23.5 Å². The molecule has 8 heteroatoms. The quantitative estimate of drug-likeness (QED) is 0.577. The summed E-state index contributed by atoms with van der Waals surface area (Å²) in [5.41, 5.74) is -0.717. The highest BCUT2D eigenvalue weighted by Gasteiger charge is 2.27. The zero-order chi connectivity index (χ0) is 21.4. The van der Waals surface area contributed by atoms with Gasteiger partial charge in [-0.15, -0.1) is 0 Å². The largest absolute Gasteiger partial charge is 0.354 e. The van der Waals surface area contributed by atoms with Crippen molar-refractivity contribution in [3.8, 4) is 0 Å². The molecule has 2 rings (SSSR count). The van der Waals surface area contributed by atoms with E-state index in [0.717, 1.165) is 43.9 Å². The van der Waals surface area contributed by atoms with E-state index in [-0.39, 0.29) is 30.8 Å². The Morgan fingerprint density at radius 2 is 1.59 bits per heavy atom. The molecule has 0 aliphatic heterocycles. The highest BCUT2D eigenvalue weighted by Crippen LogP contribution is 2.23. The van der Waals surface area contributed by atoms with Gasteiger partial charge in [0.25, 0.3) is 5.91 Å². The smallest absolute Gasteiger partial charge is 0.257 e. The molecule has 29 heavy (non-hydrogen) atoms. The predicted molar refractivity (Wildman–Crippen MR) is 105 cm³/mol. The van der Waals surface area contributed by atoms with Gasteiger partial charge in [0.05, 0.1) is 0 Å². The molecule has 1 fully saturated rings. The Balaban J connectivity index is 1.84. The van der Waals surface area contributed by atoms with Crippen molar-refractivity contribution in [3.05, 3.63) is 35.4 Å². The first kappa shape index (κ1) is 22.8. The van der Waals surface area contributed by atoms with Gasteiger partial charge in [-0.1, -0.05) is 39.2 Å². The van der Waals surface area contributed by atoms with Gasteiger partial charge >= 0.3 is 0 Å². The topological polar surface area (TPSA) is 87.3 Å². The minimum Gasteiger partial charge on any atom is -0.354 e. The molecule has 0 radical (unpaired) electrons. The average molecular weight is 409 g/mol. The molecule has 1 aliphatic carbocycles. The van der Waals surface area contributed by atoms with E-state index in [9.17, 15) is 23.2 Å². The first-order valence-electron chi connectivity index (χ1n) is 10.1. The normalized spacial score (nSPS) is 15.6. The lowest BCUT2D eigenvalue weighted by molar-refractivity contribution is -0.127. The zero-order valence-electron chi connectivity index (χ0n) is 16.9. The van der Waals surface area contributed by atoms with Gasteiger partial charge < -0.3 is 16.0 Å². The summed E-state index contributed by atoms with van der Waals surface area (Å²) in [7, 11) is 0. The third-order valence-electron chi connectivity index (χ3n) is 5.12. The summed E-state index contributed by atoms with van der Waals surface area (Å²) in [5, 5.41) is 7.87. The van der Waals surface area contributed by atoms with Crippen LogP contribution in [0.1, 0.15) is 56.3 Å². The molecule has 1 aromatic rings. The van der Waals surface area contributed by atoms with Gasteiger partial charge in [0.1, 0.15) is 23.2 Å². The zero-order valence-corrected chi connectivity index (χ0v) is 16.9. The van der Waals surface area contributed by atoms with Crippen molar-refractivity contribution in [1.82, 2.24) is 16.0 Å². The van der Waals surface area contributed by atoms with Crippen molar-refractivity contribution in [3.63, 3.8) is 0 Å². The van der Waals surface area contributed by atoms with Crippen LogP contribution in [0.2, 0.25) is 0 Å². The Hall–Kier alpha value is -2.51. The molecule has 0 aromatic heterocycles. The van der Waals surface area contributed by atoms with Gasteiger partial charge in [-0.3, -0.25) is 14.4 Å². The van der Waals surface area contributed by atoms with Crippen LogP contribution < -0.4 is 16.0 Å². The molecule has 1 aliphatic rings. The van der Waals surface area contributed by atoms with Gasteiger partial charge in [0.2, 0.25) is 11.8 Å². The molecule has 160 valence electrons. The van der Waals surface area contributed by atoms with Crippen molar-refractivity contribution >= 4 is 17.7 Å². The van der Waals surface area contributed by atoms with Crippen molar-refractivity contribution in [2.45, 2.75) is 52.0 Å². The molecule has 1 aromatic carbocycles. The van der Waals surface area contributed by atoms with E-state index in [1.54, 1.807) is 13.8 Å². The summed E-state index contributed by atoms with van der Waals surface area (Å²) >= 11 is 0. The lowest BCUT2D eigenvalue weighted by atomic mass is 9.89. The molecule has 0 bridgehead atoms. The maximum atomic E-state index is 13.8. The van der Waals surface area contributed by atoms with Crippen molar-refractivity contribution in [1.29, 1.82) is 0 Å². The molecule has 6 nitrogen and oxygen atoms in total. The molecule has 1 unspecified atom stereocenters. The monoisotopic (exact) mass is 409 g/mol. The summed E-state index contributed by atoms with van der Waals surface area (Å²) in [6.45, 7) is 3.91. The number of benzene rings is 1. The first-order valence-corrected chi connectivity index (χ1v) is 10.1. The van der Waals surface area contributed by atoms with Gasteiger partial charge in [0, 0.05) is 19.0 Å². The lowest BCUT2D eigenvalue weighted by Crippen LogP contribution is -2.51. The van der Waals surface area contributed by atoms with Crippen LogP contribution in [0.15, 0.2) is 18.2 Å². The number of amides is 3. The van der Waals surface area contributed by atoms with Crippen molar-refractivity contribution < 1.29 is 23.2 Å². The summed E-state index contributed by atoms with van der Waals surface area (Å²) in [4.78, 5) is 36.8. The van der Waals surface area contributed by atoms with Crippen LogP contribution in [-0.2, 0) is 9.59 Å². The van der Waals surface area contributed by atoms with E-state index in [4.69, 9.17) is 0 Å². The first-order chi connectivity index (χ1) is 13.8. The van der Waals surface area contributed by atoms with Crippen LogP contribution in [0.3, 0.4) is 0 Å². The Bertz CT molecular complexity index is 714. The van der Waals surface area contributed by atoms with Gasteiger partial charge in [-0.05, 0) is 30.9 Å². The van der Waals surface area contributed by atoms with Crippen molar-refractivity contribution in [2.75, 3.05) is 13.1 Å². The molecule has 3 N–H and O–H groups in total. The minimum atomic E-state index is -0.990. The predicted octanol–water partition coefficient (Wildman–Crippen LogP) is 2.53. The number of halogens is 2. The second-order valence-corrected chi connectivity index (χ2v) is 7.71. The minimum absolute atomic E-state index is 0.00249. The summed E-state index contributed by atoms with van der Waals surface area (Å²) < 4.78 is 27.6. The number of nitrogens with one attached hydrogen (secondary N) is 3. The molecule has 3 amide bonds. The van der Waals surface area contributed by atoms with E-state index in [0.29, 0.717) is 0 Å². The molecule has 0 saturated heterocycles. The van der Waals surface area contributed by atoms with Gasteiger partial charge in [-0.25, -0.2) is 8.78 Å². The SMILES string of the molecule is CC(C)C(NC(=O)c1c(F)cccc1F)C(=O)NCCNC(=O)C1CCCCC1. The van der Waals surface area contributed by atoms with E-state index in [1.165, 1.54) is 6.42 Å². The van der Waals surface area contributed by atoms with E-state index < -0.39 is 35.1 Å².